The monoisotopic (exact) mass is 224 g/mol. The van der Waals surface area contributed by atoms with Crippen molar-refractivity contribution in [1.82, 2.24) is 20.1 Å². The number of nitrogens with zero attached hydrogens (tertiary/aromatic N) is 4. The third kappa shape index (κ3) is 3.54. The second kappa shape index (κ2) is 5.50. The fraction of sp³-hybridized carbons (Fsp3) is 0.600. The lowest BCUT2D eigenvalue weighted by atomic mass is 10.3. The van der Waals surface area contributed by atoms with Gasteiger partial charge >= 0.3 is 0 Å². The van der Waals surface area contributed by atoms with Crippen LogP contribution >= 0.6 is 0 Å². The van der Waals surface area contributed by atoms with Gasteiger partial charge < -0.3 is 4.90 Å². The molecule has 3 N–H and O–H groups in total. The topological polar surface area (TPSA) is 71.5 Å². The molecule has 16 heavy (non-hydrogen) atoms. The predicted molar refractivity (Wildman–Crippen MR) is 64.6 cm³/mol. The zero-order chi connectivity index (χ0) is 12.1. The number of aliphatic imine (C=N–C) groups is 1. The Morgan fingerprint density at radius 3 is 2.81 bits per heavy atom. The minimum absolute atomic E-state index is 0.211. The minimum atomic E-state index is 0.211. The summed E-state index contributed by atoms with van der Waals surface area (Å²) in [7, 11) is 3.84. The third-order valence-corrected chi connectivity index (χ3v) is 2.05. The van der Waals surface area contributed by atoms with Crippen molar-refractivity contribution in [2.24, 2.45) is 17.9 Å². The quantitative estimate of drug-likeness (QED) is 0.330. The molecule has 90 valence electrons. The molecule has 1 aromatic heterocycles. The van der Waals surface area contributed by atoms with Crippen molar-refractivity contribution in [1.29, 1.82) is 0 Å². The number of guanidine groups is 1. The standard InChI is InChI=1S/C10H20N6/c1-8(2)13-10(14-11)15(3)6-9-5-12-16(4)7-9/h5,7-8H,6,11H2,1-4H3,(H,13,14). The van der Waals surface area contributed by atoms with E-state index in [1.165, 1.54) is 0 Å². The molecule has 0 radical (unpaired) electrons. The summed E-state index contributed by atoms with van der Waals surface area (Å²) in [6.45, 7) is 4.74. The summed E-state index contributed by atoms with van der Waals surface area (Å²) in [5.41, 5.74) is 3.73. The molecule has 0 aliphatic heterocycles. The van der Waals surface area contributed by atoms with Gasteiger partial charge in [-0.05, 0) is 13.8 Å². The molecule has 0 spiro atoms. The van der Waals surface area contributed by atoms with Crippen LogP contribution in [0.5, 0.6) is 0 Å². The van der Waals surface area contributed by atoms with E-state index in [0.717, 1.165) is 12.1 Å². The molecule has 0 aromatic carbocycles. The highest BCUT2D eigenvalue weighted by atomic mass is 15.4. The second-order valence-electron chi connectivity index (χ2n) is 4.07. The fourth-order valence-electron chi connectivity index (χ4n) is 1.39. The summed E-state index contributed by atoms with van der Waals surface area (Å²) in [4.78, 5) is 6.33. The molecule has 0 bridgehead atoms. The van der Waals surface area contributed by atoms with E-state index in [2.05, 4.69) is 15.5 Å². The fourth-order valence-corrected chi connectivity index (χ4v) is 1.39. The number of nitrogens with two attached hydrogens (primary N) is 1. The van der Waals surface area contributed by atoms with Crippen LogP contribution in [0.1, 0.15) is 19.4 Å². The van der Waals surface area contributed by atoms with Crippen molar-refractivity contribution in [2.75, 3.05) is 7.05 Å². The number of aryl methyl sites for hydroxylation is 1. The van der Waals surface area contributed by atoms with Gasteiger partial charge in [0.1, 0.15) is 0 Å². The Bertz CT molecular complexity index is 354. The van der Waals surface area contributed by atoms with Crippen LogP contribution in [0, 0.1) is 0 Å². The number of nitrogens with one attached hydrogen (secondary N) is 1. The van der Waals surface area contributed by atoms with Crippen molar-refractivity contribution in [2.45, 2.75) is 26.4 Å². The Kier molecular flexibility index (Phi) is 4.30. The molecule has 0 saturated carbocycles. The van der Waals surface area contributed by atoms with Crippen molar-refractivity contribution in [3.8, 4) is 0 Å². The van der Waals surface area contributed by atoms with Gasteiger partial charge in [0.05, 0.1) is 6.20 Å². The molecule has 0 aliphatic rings. The molecule has 6 nitrogen and oxygen atoms in total. The maximum absolute atomic E-state index is 5.44. The van der Waals surface area contributed by atoms with E-state index in [1.54, 1.807) is 4.68 Å². The second-order valence-corrected chi connectivity index (χ2v) is 4.07. The summed E-state index contributed by atoms with van der Waals surface area (Å²) in [5.74, 6) is 6.12. The van der Waals surface area contributed by atoms with Gasteiger partial charge in [0, 0.05) is 38.4 Å². The van der Waals surface area contributed by atoms with Gasteiger partial charge in [-0.25, -0.2) is 10.8 Å². The summed E-state index contributed by atoms with van der Waals surface area (Å²) in [6.07, 6.45) is 3.81. The Balaban J connectivity index is 2.66. The van der Waals surface area contributed by atoms with Crippen LogP contribution in [0.15, 0.2) is 17.4 Å². The molecule has 0 amide bonds. The lowest BCUT2D eigenvalue weighted by Crippen LogP contribution is -2.42. The first kappa shape index (κ1) is 12.5. The number of hydrogen-bond acceptors (Lipinski definition) is 3. The molecule has 6 heteroatoms. The van der Waals surface area contributed by atoms with E-state index in [4.69, 9.17) is 5.84 Å². The normalized spacial score (nSPS) is 12.0. The summed E-state index contributed by atoms with van der Waals surface area (Å²) in [5, 5.41) is 4.11. The Morgan fingerprint density at radius 2 is 2.38 bits per heavy atom. The van der Waals surface area contributed by atoms with Gasteiger partial charge in [-0.1, -0.05) is 0 Å². The number of hydrogen-bond donors (Lipinski definition) is 2. The third-order valence-electron chi connectivity index (χ3n) is 2.05. The van der Waals surface area contributed by atoms with Gasteiger partial charge in [-0.15, -0.1) is 0 Å². The maximum atomic E-state index is 5.44. The molecular weight excluding hydrogens is 204 g/mol. The number of hydrazine groups is 1. The van der Waals surface area contributed by atoms with Crippen LogP contribution in [0.3, 0.4) is 0 Å². The van der Waals surface area contributed by atoms with Crippen molar-refractivity contribution in [3.05, 3.63) is 18.0 Å². The number of aromatic nitrogens is 2. The first-order valence-electron chi connectivity index (χ1n) is 5.26. The molecule has 1 rings (SSSR count). The van der Waals surface area contributed by atoms with Gasteiger partial charge in [0.2, 0.25) is 5.96 Å². The van der Waals surface area contributed by atoms with Gasteiger partial charge in [-0.2, -0.15) is 5.10 Å². The minimum Gasteiger partial charge on any atom is -0.341 e. The van der Waals surface area contributed by atoms with Crippen LogP contribution in [0.4, 0.5) is 0 Å². The average molecular weight is 224 g/mol. The smallest absolute Gasteiger partial charge is 0.208 e. The van der Waals surface area contributed by atoms with Gasteiger partial charge in [-0.3, -0.25) is 10.1 Å². The first-order valence-corrected chi connectivity index (χ1v) is 5.26. The molecule has 1 aromatic rings. The van der Waals surface area contributed by atoms with Gasteiger partial charge in [0.15, 0.2) is 0 Å². The van der Waals surface area contributed by atoms with Crippen LogP contribution in [0.25, 0.3) is 0 Å². The van der Waals surface area contributed by atoms with E-state index < -0.39 is 0 Å². The summed E-state index contributed by atoms with van der Waals surface area (Å²) >= 11 is 0. The van der Waals surface area contributed by atoms with Crippen molar-refractivity contribution in [3.63, 3.8) is 0 Å². The molecule has 0 atom stereocenters. The van der Waals surface area contributed by atoms with Crippen molar-refractivity contribution < 1.29 is 0 Å². The first-order chi connectivity index (χ1) is 7.52. The molecule has 0 fully saturated rings. The number of rotatable bonds is 3. The molecule has 0 aliphatic carbocycles. The SMILES string of the molecule is CC(C)N=C(NN)N(C)Cc1cnn(C)c1. The zero-order valence-corrected chi connectivity index (χ0v) is 10.3. The van der Waals surface area contributed by atoms with E-state index in [9.17, 15) is 0 Å². The van der Waals surface area contributed by atoms with Crippen LogP contribution < -0.4 is 11.3 Å². The van der Waals surface area contributed by atoms with Crippen molar-refractivity contribution >= 4 is 5.96 Å². The predicted octanol–water partition coefficient (Wildman–Crippen LogP) is 0.0796. The highest BCUT2D eigenvalue weighted by Crippen LogP contribution is 2.01. The molecule has 0 saturated heterocycles. The summed E-state index contributed by atoms with van der Waals surface area (Å²) < 4.78 is 1.78. The van der Waals surface area contributed by atoms with Crippen LogP contribution in [-0.2, 0) is 13.6 Å². The highest BCUT2D eigenvalue weighted by Gasteiger charge is 2.07. The van der Waals surface area contributed by atoms with E-state index in [-0.39, 0.29) is 6.04 Å². The van der Waals surface area contributed by atoms with Gasteiger partial charge in [0.25, 0.3) is 0 Å². The molecular formula is C10H20N6. The van der Waals surface area contributed by atoms with E-state index in [1.807, 2.05) is 45.2 Å². The zero-order valence-electron chi connectivity index (χ0n) is 10.3. The maximum Gasteiger partial charge on any atom is 0.208 e. The Hall–Kier alpha value is -1.56. The summed E-state index contributed by atoms with van der Waals surface area (Å²) in [6, 6.07) is 0.211. The lowest BCUT2D eigenvalue weighted by Gasteiger charge is -2.20. The van der Waals surface area contributed by atoms with Crippen LogP contribution in [-0.4, -0.2) is 33.7 Å². The Morgan fingerprint density at radius 1 is 1.69 bits per heavy atom. The van der Waals surface area contributed by atoms with Crippen LogP contribution in [0.2, 0.25) is 0 Å². The Labute approximate surface area is 96.1 Å². The van der Waals surface area contributed by atoms with E-state index in [0.29, 0.717) is 5.96 Å². The molecule has 0 unspecified atom stereocenters. The van der Waals surface area contributed by atoms with E-state index >= 15 is 0 Å². The average Bonchev–Trinajstić information content (AvgIpc) is 2.60. The molecule has 1 heterocycles. The lowest BCUT2D eigenvalue weighted by molar-refractivity contribution is 0.474. The highest BCUT2D eigenvalue weighted by molar-refractivity contribution is 5.79. The largest absolute Gasteiger partial charge is 0.341 e.